The van der Waals surface area contributed by atoms with Gasteiger partial charge in [0, 0.05) is 39.1 Å². The predicted molar refractivity (Wildman–Crippen MR) is 123 cm³/mol. The molecular formula is C24H28FN5O5. The molecule has 1 aromatic carbocycles. The van der Waals surface area contributed by atoms with Crippen molar-refractivity contribution in [3.63, 3.8) is 0 Å². The SMILES string of the molecule is Cc1cc(CNC(=O)c2nc3n(c(=O)c2O)CC2CCC3C(NC(=O)C(=O)N(C)C)C2)ccc1F. The summed E-state index contributed by atoms with van der Waals surface area (Å²) in [5.74, 6) is -3.32. The van der Waals surface area contributed by atoms with Gasteiger partial charge in [-0.1, -0.05) is 12.1 Å². The second-order valence-electron chi connectivity index (χ2n) is 9.41. The minimum absolute atomic E-state index is 0.0487. The van der Waals surface area contributed by atoms with Crippen molar-refractivity contribution < 1.29 is 23.9 Å². The van der Waals surface area contributed by atoms with Gasteiger partial charge in [-0.2, -0.15) is 0 Å². The van der Waals surface area contributed by atoms with Crippen LogP contribution in [0.25, 0.3) is 0 Å². The fourth-order valence-corrected chi connectivity index (χ4v) is 4.85. The molecule has 3 heterocycles. The van der Waals surface area contributed by atoms with Gasteiger partial charge >= 0.3 is 11.8 Å². The number of hydrogen-bond acceptors (Lipinski definition) is 6. The van der Waals surface area contributed by atoms with Crippen molar-refractivity contribution in [2.75, 3.05) is 14.1 Å². The molecule has 0 saturated heterocycles. The summed E-state index contributed by atoms with van der Waals surface area (Å²) in [6.07, 6.45) is 1.94. The van der Waals surface area contributed by atoms with Gasteiger partial charge in [0.1, 0.15) is 11.6 Å². The standard InChI is InChI=1S/C24H28FN5O5/c1-12-8-13(5-7-16(12)25)10-26-21(32)18-19(31)23(34)30-11-14-4-6-15(20(30)28-18)17(9-14)27-22(33)24(35)29(2)3/h5,7-8,14-15,17,31H,4,6,9-11H2,1-3H3,(H,26,32)(H,27,33). The molecule has 0 radical (unpaired) electrons. The highest BCUT2D eigenvalue weighted by Crippen LogP contribution is 2.39. The van der Waals surface area contributed by atoms with Crippen molar-refractivity contribution in [2.24, 2.45) is 5.92 Å². The minimum Gasteiger partial charge on any atom is -0.501 e. The number of carbonyl (C=O) groups excluding carboxylic acids is 3. The van der Waals surface area contributed by atoms with Crippen LogP contribution in [0.3, 0.4) is 0 Å². The van der Waals surface area contributed by atoms with Crippen LogP contribution in [0.4, 0.5) is 4.39 Å². The number of amides is 3. The summed E-state index contributed by atoms with van der Waals surface area (Å²) >= 11 is 0. The van der Waals surface area contributed by atoms with Crippen molar-refractivity contribution in [1.82, 2.24) is 25.1 Å². The maximum Gasteiger partial charge on any atom is 0.311 e. The van der Waals surface area contributed by atoms with E-state index < -0.39 is 46.7 Å². The smallest absolute Gasteiger partial charge is 0.311 e. The van der Waals surface area contributed by atoms with E-state index in [1.807, 2.05) is 0 Å². The molecule has 2 aliphatic heterocycles. The summed E-state index contributed by atoms with van der Waals surface area (Å²) in [6.45, 7) is 1.96. The lowest BCUT2D eigenvalue weighted by atomic mass is 9.79. The number of likely N-dealkylation sites (N-methyl/N-ethyl adjacent to an activating group) is 1. The van der Waals surface area contributed by atoms with Crippen LogP contribution >= 0.6 is 0 Å². The molecule has 3 unspecified atom stereocenters. The second-order valence-corrected chi connectivity index (χ2v) is 9.41. The Morgan fingerprint density at radius 2 is 2.00 bits per heavy atom. The molecule has 186 valence electrons. The Morgan fingerprint density at radius 1 is 1.26 bits per heavy atom. The van der Waals surface area contributed by atoms with Gasteiger partial charge in [-0.05, 0) is 49.3 Å². The molecular weight excluding hydrogens is 457 g/mol. The van der Waals surface area contributed by atoms with Crippen molar-refractivity contribution in [2.45, 2.75) is 51.2 Å². The second kappa shape index (κ2) is 9.47. The Kier molecular flexibility index (Phi) is 6.60. The molecule has 5 rings (SSSR count). The lowest BCUT2D eigenvalue weighted by Gasteiger charge is -2.32. The van der Waals surface area contributed by atoms with E-state index >= 15 is 0 Å². The average Bonchev–Trinajstić information content (AvgIpc) is 3.09. The van der Waals surface area contributed by atoms with Gasteiger partial charge in [0.05, 0.1) is 0 Å². The molecule has 1 fully saturated rings. The van der Waals surface area contributed by atoms with E-state index in [0.717, 1.165) is 6.42 Å². The number of hydrogen-bond donors (Lipinski definition) is 3. The molecule has 1 aliphatic carbocycles. The highest BCUT2D eigenvalue weighted by atomic mass is 19.1. The van der Waals surface area contributed by atoms with E-state index in [1.165, 1.54) is 35.7 Å². The summed E-state index contributed by atoms with van der Waals surface area (Å²) in [5, 5.41) is 15.9. The van der Waals surface area contributed by atoms with Crippen LogP contribution in [0.1, 0.15) is 52.6 Å². The van der Waals surface area contributed by atoms with Gasteiger partial charge < -0.3 is 20.6 Å². The molecule has 3 N–H and O–H groups in total. The summed E-state index contributed by atoms with van der Waals surface area (Å²) < 4.78 is 14.9. The fourth-order valence-electron chi connectivity index (χ4n) is 4.85. The van der Waals surface area contributed by atoms with Crippen LogP contribution in [0.5, 0.6) is 5.75 Å². The molecule has 35 heavy (non-hydrogen) atoms. The van der Waals surface area contributed by atoms with Gasteiger partial charge in [-0.15, -0.1) is 0 Å². The Bertz CT molecular complexity index is 1260. The maximum absolute atomic E-state index is 13.5. The van der Waals surface area contributed by atoms with Crippen LogP contribution in [-0.4, -0.2) is 57.4 Å². The molecule has 3 amide bonds. The quantitative estimate of drug-likeness (QED) is 0.549. The highest BCUT2D eigenvalue weighted by molar-refractivity contribution is 6.34. The highest BCUT2D eigenvalue weighted by Gasteiger charge is 2.41. The third-order valence-electron chi connectivity index (χ3n) is 6.71. The maximum atomic E-state index is 13.5. The summed E-state index contributed by atoms with van der Waals surface area (Å²) in [6, 6.07) is 3.99. The Morgan fingerprint density at radius 3 is 2.69 bits per heavy atom. The average molecular weight is 486 g/mol. The Balaban J connectivity index is 1.61. The topological polar surface area (TPSA) is 134 Å². The first-order chi connectivity index (χ1) is 16.6. The van der Waals surface area contributed by atoms with Gasteiger partial charge in [-0.3, -0.25) is 23.7 Å². The summed E-state index contributed by atoms with van der Waals surface area (Å²) in [5.41, 5.74) is -0.0429. The van der Waals surface area contributed by atoms with E-state index in [9.17, 15) is 28.7 Å². The monoisotopic (exact) mass is 485 g/mol. The van der Waals surface area contributed by atoms with Crippen LogP contribution in [-0.2, 0) is 22.7 Å². The Hall–Kier alpha value is -3.76. The van der Waals surface area contributed by atoms with Crippen LogP contribution in [0.2, 0.25) is 0 Å². The number of aromatic nitrogens is 2. The third kappa shape index (κ3) is 4.75. The number of nitrogens with zero attached hydrogens (tertiary/aromatic N) is 3. The van der Waals surface area contributed by atoms with E-state index in [4.69, 9.17) is 0 Å². The number of carbonyl (C=O) groups is 3. The van der Waals surface area contributed by atoms with E-state index in [1.54, 1.807) is 13.0 Å². The van der Waals surface area contributed by atoms with Crippen molar-refractivity contribution in [3.8, 4) is 5.75 Å². The number of rotatable bonds is 4. The van der Waals surface area contributed by atoms with Gasteiger partial charge in [0.15, 0.2) is 5.69 Å². The van der Waals surface area contributed by atoms with Crippen LogP contribution in [0, 0.1) is 18.7 Å². The number of aromatic hydroxyl groups is 1. The lowest BCUT2D eigenvalue weighted by Crippen LogP contribution is -2.48. The van der Waals surface area contributed by atoms with Crippen LogP contribution < -0.4 is 16.2 Å². The van der Waals surface area contributed by atoms with Crippen molar-refractivity contribution >= 4 is 17.7 Å². The summed E-state index contributed by atoms with van der Waals surface area (Å²) in [4.78, 5) is 55.9. The molecule has 1 saturated carbocycles. The third-order valence-corrected chi connectivity index (χ3v) is 6.71. The molecule has 10 nitrogen and oxygen atoms in total. The zero-order valence-electron chi connectivity index (χ0n) is 19.8. The number of nitrogens with one attached hydrogen (secondary N) is 2. The number of fused-ring (bicyclic) bond motifs is 2. The molecule has 3 aliphatic rings. The van der Waals surface area contributed by atoms with E-state index in [0.29, 0.717) is 36.3 Å². The molecule has 0 spiro atoms. The fraction of sp³-hybridized carbons (Fsp3) is 0.458. The molecule has 3 atom stereocenters. The van der Waals surface area contributed by atoms with Crippen molar-refractivity contribution in [1.29, 1.82) is 0 Å². The van der Waals surface area contributed by atoms with E-state index in [2.05, 4.69) is 15.6 Å². The zero-order chi connectivity index (χ0) is 25.4. The van der Waals surface area contributed by atoms with E-state index in [-0.39, 0.29) is 18.3 Å². The number of halogens is 1. The minimum atomic E-state index is -0.744. The molecule has 11 heteroatoms. The van der Waals surface area contributed by atoms with Gasteiger partial charge in [0.25, 0.3) is 11.5 Å². The van der Waals surface area contributed by atoms with Crippen molar-refractivity contribution in [3.05, 3.63) is 57.0 Å². The largest absolute Gasteiger partial charge is 0.501 e. The summed E-state index contributed by atoms with van der Waals surface area (Å²) in [7, 11) is 2.97. The lowest BCUT2D eigenvalue weighted by molar-refractivity contribution is -0.144. The number of aryl methyl sites for hydroxylation is 1. The van der Waals surface area contributed by atoms with Gasteiger partial charge in [0.2, 0.25) is 5.75 Å². The normalized spacial score (nSPS) is 20.5. The molecule has 2 bridgehead atoms. The van der Waals surface area contributed by atoms with Gasteiger partial charge in [-0.25, -0.2) is 9.37 Å². The first-order valence-electron chi connectivity index (χ1n) is 11.5. The Labute approximate surface area is 201 Å². The predicted octanol–water partition coefficient (Wildman–Crippen LogP) is 0.797. The van der Waals surface area contributed by atoms with Crippen LogP contribution in [0.15, 0.2) is 23.0 Å². The zero-order valence-corrected chi connectivity index (χ0v) is 19.8. The first-order valence-corrected chi connectivity index (χ1v) is 11.5. The molecule has 2 aromatic rings. The number of benzene rings is 1. The first kappa shape index (κ1) is 24.4. The molecule has 1 aromatic heterocycles.